The van der Waals surface area contributed by atoms with E-state index < -0.39 is 87.8 Å². The van der Waals surface area contributed by atoms with Gasteiger partial charge in [-0.05, 0) is 6.92 Å². The van der Waals surface area contributed by atoms with Crippen LogP contribution in [-0.2, 0) is 32.6 Å². The molecule has 0 bridgehead atoms. The van der Waals surface area contributed by atoms with E-state index in [1.165, 1.54) is 30.3 Å². The van der Waals surface area contributed by atoms with Gasteiger partial charge in [0.15, 0.2) is 17.7 Å². The second kappa shape index (κ2) is 14.0. The Morgan fingerprint density at radius 2 is 2.00 bits per heavy atom. The minimum Gasteiger partial charge on any atom is -0.394 e. The lowest BCUT2D eigenvalue weighted by Crippen LogP contribution is -2.40. The number of aromatic nitrogens is 6. The van der Waals surface area contributed by atoms with Gasteiger partial charge in [-0.2, -0.15) is 0 Å². The molecule has 0 aliphatic carbocycles. The fraction of sp³-hybridized carbons (Fsp3) is 0.583. The number of aliphatic hydroxyl groups excluding tert-OH is 2. The van der Waals surface area contributed by atoms with Crippen molar-refractivity contribution < 1.29 is 47.7 Å². The zero-order valence-electron chi connectivity index (χ0n) is 24.4. The molecule has 3 aromatic heterocycles. The molecule has 2 aliphatic rings. The van der Waals surface area contributed by atoms with Crippen LogP contribution in [0.5, 0.6) is 0 Å². The molecule has 2 saturated heterocycles. The molecule has 46 heavy (non-hydrogen) atoms. The molecule has 22 heteroatoms. The van der Waals surface area contributed by atoms with Gasteiger partial charge in [0.2, 0.25) is 5.91 Å². The van der Waals surface area contributed by atoms with Crippen LogP contribution in [0.15, 0.2) is 28.4 Å². The van der Waals surface area contributed by atoms with Crippen molar-refractivity contribution in [3.05, 3.63) is 45.3 Å². The highest BCUT2D eigenvalue weighted by Gasteiger charge is 2.51. The van der Waals surface area contributed by atoms with Gasteiger partial charge < -0.3 is 46.1 Å². The number of fused-ring (bicyclic) bond motifs is 1. The fourth-order valence-corrected chi connectivity index (χ4v) is 6.02. The number of aromatic amines is 1. The highest BCUT2D eigenvalue weighted by Crippen LogP contribution is 2.50. The number of H-pyrrole nitrogens is 1. The molecule has 252 valence electrons. The maximum Gasteiger partial charge on any atom is 0.472 e. The minimum atomic E-state index is -5.01. The topological polar surface area (TPSA) is 304 Å². The number of nitrogens with zero attached hydrogens (tertiary/aromatic N) is 5. The van der Waals surface area contributed by atoms with E-state index in [1.54, 1.807) is 0 Å². The summed E-state index contributed by atoms with van der Waals surface area (Å²) in [6.07, 6.45) is -4.98. The Kier molecular flexibility index (Phi) is 10.3. The Labute approximate surface area is 259 Å². The van der Waals surface area contributed by atoms with Gasteiger partial charge in [-0.1, -0.05) is 0 Å². The molecule has 0 spiro atoms. The number of aryl methyl sites for hydroxylation is 1. The predicted molar refractivity (Wildman–Crippen MR) is 154 cm³/mol. The largest absolute Gasteiger partial charge is 0.472 e. The van der Waals surface area contributed by atoms with Gasteiger partial charge in [0, 0.05) is 31.3 Å². The van der Waals surface area contributed by atoms with Gasteiger partial charge in [-0.15, -0.1) is 0 Å². The van der Waals surface area contributed by atoms with E-state index in [9.17, 15) is 34.1 Å². The van der Waals surface area contributed by atoms with Gasteiger partial charge in [0.05, 0.1) is 25.6 Å². The van der Waals surface area contributed by atoms with E-state index in [0.29, 0.717) is 0 Å². The van der Waals surface area contributed by atoms with Crippen LogP contribution in [0.1, 0.15) is 24.4 Å². The molecule has 5 rings (SSSR count). The summed E-state index contributed by atoms with van der Waals surface area (Å²) in [7, 11) is -5.01. The van der Waals surface area contributed by atoms with Gasteiger partial charge in [-0.25, -0.2) is 24.3 Å². The Balaban J connectivity index is 1.32. The maximum absolute atomic E-state index is 13.2. The highest BCUT2D eigenvalue weighted by molar-refractivity contribution is 7.47. The number of imidazole rings is 1. The van der Waals surface area contributed by atoms with Crippen LogP contribution < -0.4 is 28.0 Å². The average Bonchev–Trinajstić information content (AvgIpc) is 3.71. The van der Waals surface area contributed by atoms with E-state index in [0.717, 1.165) is 4.57 Å². The van der Waals surface area contributed by atoms with E-state index >= 15 is 0 Å². The molecule has 21 nitrogen and oxygen atoms in total. The number of nitrogens with one attached hydrogen (secondary N) is 2. The first-order valence-corrected chi connectivity index (χ1v) is 15.5. The lowest BCUT2D eigenvalue weighted by Gasteiger charge is -2.26. The molecule has 0 aromatic carbocycles. The normalized spacial score (nSPS) is 27.6. The molecule has 0 radical (unpaired) electrons. The summed E-state index contributed by atoms with van der Waals surface area (Å²) in [5.74, 6) is -0.487. The summed E-state index contributed by atoms with van der Waals surface area (Å²) in [6.45, 7) is -0.0778. The number of nitrogen functional groups attached to an aromatic ring is 1. The number of nitrogens with two attached hydrogens (primary N) is 2. The molecule has 9 N–H and O–H groups in total. The van der Waals surface area contributed by atoms with Crippen LogP contribution in [0, 0.1) is 6.92 Å². The number of aliphatic hydroxyl groups is 2. The lowest BCUT2D eigenvalue weighted by atomic mass is 10.1. The molecule has 3 aromatic rings. The number of ether oxygens (including phenoxy) is 3. The Bertz CT molecular complexity index is 1720. The number of phosphoric acid groups is 1. The van der Waals surface area contributed by atoms with Crippen molar-refractivity contribution in [1.29, 1.82) is 0 Å². The number of phosphoric ester groups is 1. The number of carbonyl (C=O) groups is 1. The zero-order valence-corrected chi connectivity index (χ0v) is 25.3. The van der Waals surface area contributed by atoms with Gasteiger partial charge >= 0.3 is 13.5 Å². The van der Waals surface area contributed by atoms with E-state index in [4.69, 9.17) is 34.7 Å². The van der Waals surface area contributed by atoms with Gasteiger partial charge in [0.25, 0.3) is 5.56 Å². The standard InChI is InChI=1S/C24H34N9O12P/c1-11-5-32(24(38)31-22(11)37)16-4-12(35)14(43-16)7-42-46(39,40)45-18-13(6-34)44-23(19(18)41-8-15(36)27-3-2-25)33-10-30-17-20(26)28-9-29-21(17)33/h5,9-10,12-14,16,18-19,23,34-35H,2-4,6-8,25H2,1H3,(H,27,36)(H,39,40)(H2,26,28,29)(H,31,37,38)/t12-,13+,14+,16+,18+,19+,23+/m0/s1. The van der Waals surface area contributed by atoms with Gasteiger partial charge in [-0.3, -0.25) is 32.8 Å². The smallest absolute Gasteiger partial charge is 0.394 e. The number of anilines is 1. The molecule has 1 amide bonds. The molecule has 5 heterocycles. The van der Waals surface area contributed by atoms with Crippen molar-refractivity contribution >= 4 is 30.7 Å². The molecular formula is C24H34N9O12P. The quantitative estimate of drug-likeness (QED) is 0.0878. The fourth-order valence-electron chi connectivity index (χ4n) is 5.06. The SMILES string of the molecule is Cc1cn([C@H]2C[C@H](O)[C@@H](COP(=O)(O)O[C@H]3[C@@H](OCC(=O)NCCN)[C@H](n4cnc5c(N)ncnc54)O[C@@H]3CO)O2)c(=O)[nH]c1=O. The van der Waals surface area contributed by atoms with Crippen molar-refractivity contribution in [1.82, 2.24) is 34.4 Å². The van der Waals surface area contributed by atoms with E-state index in [1.807, 2.05) is 0 Å². The number of hydrogen-bond acceptors (Lipinski definition) is 16. The van der Waals surface area contributed by atoms with Crippen molar-refractivity contribution in [2.75, 3.05) is 38.6 Å². The van der Waals surface area contributed by atoms with Crippen molar-refractivity contribution in [3.8, 4) is 0 Å². The summed E-state index contributed by atoms with van der Waals surface area (Å²) in [6, 6.07) is 0. The van der Waals surface area contributed by atoms with Crippen LogP contribution in [-0.4, -0.2) is 114 Å². The van der Waals surface area contributed by atoms with Crippen molar-refractivity contribution in [2.24, 2.45) is 5.73 Å². The first-order chi connectivity index (χ1) is 21.9. The summed E-state index contributed by atoms with van der Waals surface area (Å²) in [5, 5.41) is 23.2. The monoisotopic (exact) mass is 671 g/mol. The zero-order chi connectivity index (χ0) is 33.2. The van der Waals surface area contributed by atoms with Crippen LogP contribution in [0.4, 0.5) is 5.82 Å². The number of hydrogen-bond donors (Lipinski definition) is 7. The number of rotatable bonds is 13. The van der Waals surface area contributed by atoms with E-state index in [-0.39, 0.29) is 42.1 Å². The maximum atomic E-state index is 13.2. The first kappa shape index (κ1) is 33.7. The molecule has 8 atom stereocenters. The molecule has 0 saturated carbocycles. The van der Waals surface area contributed by atoms with Crippen LogP contribution in [0.3, 0.4) is 0 Å². The second-order valence-electron chi connectivity index (χ2n) is 10.5. The summed E-state index contributed by atoms with van der Waals surface area (Å²) < 4.78 is 43.7. The van der Waals surface area contributed by atoms with Gasteiger partial charge in [0.1, 0.15) is 49.1 Å². The number of carbonyl (C=O) groups excluding carboxylic acids is 1. The Morgan fingerprint density at radius 3 is 2.74 bits per heavy atom. The predicted octanol–water partition coefficient (Wildman–Crippen LogP) is -3.23. The van der Waals surface area contributed by atoms with Crippen LogP contribution in [0.25, 0.3) is 11.2 Å². The third-order valence-electron chi connectivity index (χ3n) is 7.32. The lowest BCUT2D eigenvalue weighted by molar-refractivity contribution is -0.132. The number of amides is 1. The Hall–Kier alpha value is -3.63. The molecule has 1 unspecified atom stereocenters. The van der Waals surface area contributed by atoms with Crippen molar-refractivity contribution in [2.45, 2.75) is 56.3 Å². The second-order valence-corrected chi connectivity index (χ2v) is 11.9. The summed E-state index contributed by atoms with van der Waals surface area (Å²) in [4.78, 5) is 61.4. The summed E-state index contributed by atoms with van der Waals surface area (Å²) in [5.41, 5.74) is 10.6. The average molecular weight is 672 g/mol. The van der Waals surface area contributed by atoms with E-state index in [2.05, 4.69) is 25.3 Å². The third-order valence-corrected chi connectivity index (χ3v) is 8.30. The molecule has 2 aliphatic heterocycles. The minimum absolute atomic E-state index is 0.0688. The Morgan fingerprint density at radius 1 is 1.22 bits per heavy atom. The third kappa shape index (κ3) is 7.18. The summed E-state index contributed by atoms with van der Waals surface area (Å²) >= 11 is 0. The van der Waals surface area contributed by atoms with Crippen molar-refractivity contribution in [3.63, 3.8) is 0 Å². The van der Waals surface area contributed by atoms with Crippen LogP contribution in [0.2, 0.25) is 0 Å². The molecular weight excluding hydrogens is 637 g/mol. The molecule has 2 fully saturated rings. The first-order valence-electron chi connectivity index (χ1n) is 14.0. The van der Waals surface area contributed by atoms with Crippen LogP contribution >= 0.6 is 7.82 Å². The highest BCUT2D eigenvalue weighted by atomic mass is 31.2.